The lowest BCUT2D eigenvalue weighted by Crippen LogP contribution is -2.29. The molecule has 37 heavy (non-hydrogen) atoms. The van der Waals surface area contributed by atoms with Crippen molar-refractivity contribution in [1.29, 1.82) is 0 Å². The first-order valence-corrected chi connectivity index (χ1v) is 12.4. The van der Waals surface area contributed by atoms with Gasteiger partial charge in [0.05, 0.1) is 24.6 Å². The maximum Gasteiger partial charge on any atom is 0.307 e. The Kier molecular flexibility index (Phi) is 25.2. The molecule has 0 aromatic heterocycles. The maximum absolute atomic E-state index is 11.1. The summed E-state index contributed by atoms with van der Waals surface area (Å²) in [4.78, 5) is 42.7. The normalized spacial score (nSPS) is 14.9. The molecule has 0 aromatic rings. The molecule has 0 heterocycles. The first kappa shape index (κ1) is 39.0. The molecule has 0 bridgehead atoms. The predicted molar refractivity (Wildman–Crippen MR) is 137 cm³/mol. The average Bonchev–Trinajstić information content (AvgIpc) is 2.71. The molecule has 0 aliphatic heterocycles. The van der Waals surface area contributed by atoms with Gasteiger partial charge >= 0.3 is 23.9 Å². The topological polar surface area (TPSA) is 166 Å². The standard InChI is InChI=1S/C14H24O6.C8H18O3.C4H6O2/c1-6-13(19-11(4)16)8-14(20-12(5)17)7-9(2)18-10(3)15;1-3-7(10)5-8(11)4-6(2)9;1-3-6-4(2)5/h9,13-14H,6-8H2,1-5H3;6-11H,3-5H2,1-2H3;3H,1H2,2H3. The van der Waals surface area contributed by atoms with Crippen LogP contribution in [-0.2, 0) is 38.1 Å². The zero-order chi connectivity index (χ0) is 29.6. The Labute approximate surface area is 221 Å². The van der Waals surface area contributed by atoms with Crippen molar-refractivity contribution >= 4 is 23.9 Å². The van der Waals surface area contributed by atoms with Gasteiger partial charge in [0, 0.05) is 40.5 Å². The number of aliphatic hydroxyl groups excluding tert-OH is 3. The maximum atomic E-state index is 11.1. The molecule has 0 fully saturated rings. The molecule has 6 atom stereocenters. The van der Waals surface area contributed by atoms with Crippen LogP contribution < -0.4 is 0 Å². The third kappa shape index (κ3) is 31.5. The highest BCUT2D eigenvalue weighted by atomic mass is 16.6. The fourth-order valence-corrected chi connectivity index (χ4v) is 3.04. The summed E-state index contributed by atoms with van der Waals surface area (Å²) < 4.78 is 19.5. The van der Waals surface area contributed by atoms with E-state index >= 15 is 0 Å². The molecule has 0 saturated carbocycles. The summed E-state index contributed by atoms with van der Waals surface area (Å²) in [5.74, 6) is -1.50. The molecule has 0 rings (SSSR count). The number of hydrogen-bond acceptors (Lipinski definition) is 11. The molecule has 0 amide bonds. The number of carbonyl (C=O) groups is 4. The Morgan fingerprint density at radius 1 is 0.676 bits per heavy atom. The van der Waals surface area contributed by atoms with Crippen LogP contribution in [0.1, 0.15) is 93.9 Å². The molecule has 0 spiro atoms. The Balaban J connectivity index is -0.000000566. The van der Waals surface area contributed by atoms with Crippen LogP contribution in [0.25, 0.3) is 0 Å². The van der Waals surface area contributed by atoms with Gasteiger partial charge in [-0.25, -0.2) is 0 Å². The molecule has 11 heteroatoms. The number of carbonyl (C=O) groups excluding carboxylic acids is 4. The molecule has 3 N–H and O–H groups in total. The van der Waals surface area contributed by atoms with Crippen LogP contribution in [0, 0.1) is 0 Å². The highest BCUT2D eigenvalue weighted by molar-refractivity contribution is 5.67. The van der Waals surface area contributed by atoms with Crippen LogP contribution >= 0.6 is 0 Å². The first-order valence-electron chi connectivity index (χ1n) is 12.4. The van der Waals surface area contributed by atoms with Gasteiger partial charge in [0.1, 0.15) is 18.3 Å². The second-order valence-corrected chi connectivity index (χ2v) is 8.58. The monoisotopic (exact) mass is 536 g/mol. The average molecular weight is 537 g/mol. The van der Waals surface area contributed by atoms with E-state index < -0.39 is 30.4 Å². The minimum Gasteiger partial charge on any atom is -0.463 e. The van der Waals surface area contributed by atoms with E-state index in [1.54, 1.807) is 13.8 Å². The molecular formula is C26H48O11. The molecular weight excluding hydrogens is 488 g/mol. The Morgan fingerprint density at radius 3 is 1.49 bits per heavy atom. The number of rotatable bonds is 14. The fourth-order valence-electron chi connectivity index (χ4n) is 3.04. The van der Waals surface area contributed by atoms with Crippen LogP contribution in [-0.4, -0.2) is 75.8 Å². The lowest BCUT2D eigenvalue weighted by atomic mass is 10.0. The van der Waals surface area contributed by atoms with Crippen molar-refractivity contribution in [2.45, 2.75) is 131 Å². The SMILES string of the molecule is C=COC(C)=O.CCC(CC(CC(C)OC(C)=O)OC(C)=O)OC(C)=O.CCC(O)CC(O)CC(C)O. The lowest BCUT2D eigenvalue weighted by molar-refractivity contribution is -0.156. The van der Waals surface area contributed by atoms with Crippen molar-refractivity contribution in [3.8, 4) is 0 Å². The molecule has 0 aliphatic carbocycles. The highest BCUT2D eigenvalue weighted by Crippen LogP contribution is 2.16. The van der Waals surface area contributed by atoms with E-state index in [1.807, 2.05) is 13.8 Å². The molecule has 0 aliphatic rings. The summed E-state index contributed by atoms with van der Waals surface area (Å²) in [6.45, 7) is 15.6. The zero-order valence-corrected chi connectivity index (χ0v) is 23.6. The van der Waals surface area contributed by atoms with Crippen molar-refractivity contribution in [2.75, 3.05) is 0 Å². The van der Waals surface area contributed by atoms with E-state index in [1.165, 1.54) is 27.7 Å². The van der Waals surface area contributed by atoms with Crippen molar-refractivity contribution < 1.29 is 53.4 Å². The number of esters is 4. The Hall–Kier alpha value is -2.50. The summed E-state index contributed by atoms with van der Waals surface area (Å²) in [5.41, 5.74) is 0. The molecule has 0 aromatic carbocycles. The molecule has 218 valence electrons. The van der Waals surface area contributed by atoms with Crippen LogP contribution in [0.3, 0.4) is 0 Å². The van der Waals surface area contributed by atoms with Gasteiger partial charge in [0.25, 0.3) is 0 Å². The number of aliphatic hydroxyl groups is 3. The molecule has 0 radical (unpaired) electrons. The van der Waals surface area contributed by atoms with E-state index in [0.29, 0.717) is 38.5 Å². The van der Waals surface area contributed by atoms with Crippen molar-refractivity contribution in [2.24, 2.45) is 0 Å². The van der Waals surface area contributed by atoms with Gasteiger partial charge in [-0.15, -0.1) is 0 Å². The van der Waals surface area contributed by atoms with Gasteiger partial charge in [-0.3, -0.25) is 19.2 Å². The predicted octanol–water partition coefficient (Wildman–Crippen LogP) is 2.96. The van der Waals surface area contributed by atoms with Gasteiger partial charge in [-0.05, 0) is 39.5 Å². The minimum atomic E-state index is -0.579. The number of ether oxygens (including phenoxy) is 4. The zero-order valence-electron chi connectivity index (χ0n) is 23.6. The quantitative estimate of drug-likeness (QED) is 0.170. The largest absolute Gasteiger partial charge is 0.463 e. The highest BCUT2D eigenvalue weighted by Gasteiger charge is 2.23. The van der Waals surface area contributed by atoms with Gasteiger partial charge in [0.15, 0.2) is 0 Å². The lowest BCUT2D eigenvalue weighted by Gasteiger charge is -2.24. The third-order valence-corrected chi connectivity index (χ3v) is 4.49. The van der Waals surface area contributed by atoms with Gasteiger partial charge in [-0.2, -0.15) is 0 Å². The van der Waals surface area contributed by atoms with Gasteiger partial charge in [-0.1, -0.05) is 20.4 Å². The fraction of sp³-hybridized carbons (Fsp3) is 0.769. The van der Waals surface area contributed by atoms with Crippen LogP contribution in [0.15, 0.2) is 12.8 Å². The second-order valence-electron chi connectivity index (χ2n) is 8.58. The van der Waals surface area contributed by atoms with Crippen LogP contribution in [0.4, 0.5) is 0 Å². The van der Waals surface area contributed by atoms with E-state index in [0.717, 1.165) is 6.26 Å². The van der Waals surface area contributed by atoms with Crippen LogP contribution in [0.2, 0.25) is 0 Å². The third-order valence-electron chi connectivity index (χ3n) is 4.49. The van der Waals surface area contributed by atoms with Crippen molar-refractivity contribution in [1.82, 2.24) is 0 Å². The summed E-state index contributed by atoms with van der Waals surface area (Å²) in [6.07, 6.45) is 1.19. The Morgan fingerprint density at radius 2 is 1.16 bits per heavy atom. The summed E-state index contributed by atoms with van der Waals surface area (Å²) in [5, 5.41) is 27.2. The summed E-state index contributed by atoms with van der Waals surface area (Å²) in [7, 11) is 0. The summed E-state index contributed by atoms with van der Waals surface area (Å²) in [6, 6.07) is 0. The molecule has 6 unspecified atom stereocenters. The van der Waals surface area contributed by atoms with Crippen LogP contribution in [0.5, 0.6) is 0 Å². The van der Waals surface area contributed by atoms with E-state index in [4.69, 9.17) is 24.4 Å². The van der Waals surface area contributed by atoms with Crippen molar-refractivity contribution in [3.63, 3.8) is 0 Å². The van der Waals surface area contributed by atoms with Gasteiger partial charge < -0.3 is 34.3 Å². The number of hydrogen-bond donors (Lipinski definition) is 3. The van der Waals surface area contributed by atoms with E-state index in [2.05, 4.69) is 11.3 Å². The molecule has 0 saturated heterocycles. The molecule has 11 nitrogen and oxygen atoms in total. The smallest absolute Gasteiger partial charge is 0.307 e. The van der Waals surface area contributed by atoms with Crippen molar-refractivity contribution in [3.05, 3.63) is 12.8 Å². The van der Waals surface area contributed by atoms with E-state index in [-0.39, 0.29) is 30.1 Å². The van der Waals surface area contributed by atoms with Gasteiger partial charge in [0.2, 0.25) is 0 Å². The second kappa shape index (κ2) is 23.9. The minimum absolute atomic E-state index is 0.318. The summed E-state index contributed by atoms with van der Waals surface area (Å²) >= 11 is 0. The first-order chi connectivity index (χ1) is 17.1. The Bertz CT molecular complexity index is 648. The van der Waals surface area contributed by atoms with E-state index in [9.17, 15) is 24.3 Å².